The van der Waals surface area contributed by atoms with E-state index in [2.05, 4.69) is 5.32 Å². The fourth-order valence-electron chi connectivity index (χ4n) is 1.79. The smallest absolute Gasteiger partial charge is 0.341 e. The number of hydrogen-bond acceptors (Lipinski definition) is 3. The van der Waals surface area contributed by atoms with Crippen molar-refractivity contribution in [2.45, 2.75) is 42.9 Å². The van der Waals surface area contributed by atoms with Crippen LogP contribution in [0.3, 0.4) is 0 Å². The molecule has 0 aliphatic carbocycles. The zero-order chi connectivity index (χ0) is 15.4. The van der Waals surface area contributed by atoms with E-state index in [1.807, 2.05) is 13.8 Å². The van der Waals surface area contributed by atoms with Crippen molar-refractivity contribution in [2.24, 2.45) is 0 Å². The lowest BCUT2D eigenvalue weighted by Gasteiger charge is -2.32. The summed E-state index contributed by atoms with van der Waals surface area (Å²) < 4.78 is 47.4. The average Bonchev–Trinajstić information content (AvgIpc) is 2.45. The minimum absolute atomic E-state index is 0.287. The van der Waals surface area contributed by atoms with Gasteiger partial charge >= 0.3 is 5.76 Å². The number of rotatable bonds is 7. The largest absolute Gasteiger partial charge is 0.378 e. The van der Waals surface area contributed by atoms with Gasteiger partial charge in [0.15, 0.2) is 0 Å². The molecule has 0 fully saturated rings. The number of nitrogens with one attached hydrogen (secondary N) is 1. The minimum atomic E-state index is -4.54. The number of anilines is 1. The second-order valence-electron chi connectivity index (χ2n) is 4.58. The molecule has 0 amide bonds. The average molecular weight is 326 g/mol. The van der Waals surface area contributed by atoms with Crippen molar-refractivity contribution in [1.29, 1.82) is 0 Å². The van der Waals surface area contributed by atoms with Crippen LogP contribution in [0, 0.1) is 0 Å². The van der Waals surface area contributed by atoms with Crippen molar-refractivity contribution < 1.29 is 17.2 Å². The van der Waals surface area contributed by atoms with E-state index < -0.39 is 15.6 Å². The van der Waals surface area contributed by atoms with Crippen molar-refractivity contribution in [1.82, 2.24) is 0 Å². The van der Waals surface area contributed by atoms with Crippen LogP contribution in [0.25, 0.3) is 0 Å². The zero-order valence-corrected chi connectivity index (χ0v) is 12.9. The highest BCUT2D eigenvalue weighted by molar-refractivity contribution is 7.91. The van der Waals surface area contributed by atoms with Crippen LogP contribution in [0.4, 0.5) is 14.5 Å². The summed E-state index contributed by atoms with van der Waals surface area (Å²) in [5.41, 5.74) is 0.368. The van der Waals surface area contributed by atoms with Crippen LogP contribution in [-0.2, 0) is 9.84 Å². The zero-order valence-electron chi connectivity index (χ0n) is 11.4. The molecule has 0 aliphatic rings. The summed E-state index contributed by atoms with van der Waals surface area (Å²) in [5, 5.41) is 3.24. The highest BCUT2D eigenvalue weighted by Gasteiger charge is 2.27. The first kappa shape index (κ1) is 17.2. The van der Waals surface area contributed by atoms with Gasteiger partial charge in [0.25, 0.3) is 0 Å². The topological polar surface area (TPSA) is 46.2 Å². The molecule has 0 atom stereocenters. The maximum atomic E-state index is 12.4. The Bertz CT molecular complexity index is 520. The molecule has 0 bridgehead atoms. The second-order valence-corrected chi connectivity index (χ2v) is 6.76. The van der Waals surface area contributed by atoms with Crippen molar-refractivity contribution in [3.63, 3.8) is 0 Å². The third kappa shape index (κ3) is 3.61. The number of alkyl halides is 3. The standard InChI is InChI=1S/C13H18ClF2NO2S/c1-3-13(4-2,9-14)17-10-5-7-11(8-6-10)20(18,19)12(15)16/h5-8,12,17H,3-4,9H2,1-2H3. The Morgan fingerprint density at radius 3 is 2.05 bits per heavy atom. The Morgan fingerprint density at radius 2 is 1.70 bits per heavy atom. The Labute approximate surface area is 123 Å². The molecule has 0 radical (unpaired) electrons. The molecule has 3 nitrogen and oxygen atoms in total. The summed E-state index contributed by atoms with van der Waals surface area (Å²) in [6.45, 7) is 3.99. The van der Waals surface area contributed by atoms with Gasteiger partial charge in [0.05, 0.1) is 10.4 Å². The summed E-state index contributed by atoms with van der Waals surface area (Å²) in [4.78, 5) is -0.387. The van der Waals surface area contributed by atoms with E-state index in [1.54, 1.807) is 0 Å². The van der Waals surface area contributed by atoms with Gasteiger partial charge in [-0.2, -0.15) is 8.78 Å². The quantitative estimate of drug-likeness (QED) is 0.773. The van der Waals surface area contributed by atoms with E-state index >= 15 is 0 Å². The van der Waals surface area contributed by atoms with Crippen molar-refractivity contribution in [3.8, 4) is 0 Å². The normalized spacial score (nSPS) is 12.7. The Balaban J connectivity index is 2.98. The Morgan fingerprint density at radius 1 is 1.20 bits per heavy atom. The first-order valence-electron chi connectivity index (χ1n) is 6.27. The molecule has 0 heterocycles. The van der Waals surface area contributed by atoms with E-state index in [-0.39, 0.29) is 10.4 Å². The van der Waals surface area contributed by atoms with Crippen molar-refractivity contribution in [3.05, 3.63) is 24.3 Å². The van der Waals surface area contributed by atoms with Crippen LogP contribution in [0.2, 0.25) is 0 Å². The van der Waals surface area contributed by atoms with E-state index in [4.69, 9.17) is 11.6 Å². The predicted molar refractivity (Wildman–Crippen MR) is 77.3 cm³/mol. The minimum Gasteiger partial charge on any atom is -0.378 e. The van der Waals surface area contributed by atoms with Crippen LogP contribution in [0.15, 0.2) is 29.2 Å². The first-order chi connectivity index (χ1) is 9.31. The molecule has 0 unspecified atom stereocenters. The monoisotopic (exact) mass is 325 g/mol. The lowest BCUT2D eigenvalue weighted by molar-refractivity contribution is 0.234. The summed E-state index contributed by atoms with van der Waals surface area (Å²) in [5.74, 6) is -3.01. The summed E-state index contributed by atoms with van der Waals surface area (Å²) in [7, 11) is -4.54. The third-order valence-electron chi connectivity index (χ3n) is 3.44. The number of sulfone groups is 1. The van der Waals surface area contributed by atoms with Gasteiger partial charge in [0.1, 0.15) is 0 Å². The third-order valence-corrected chi connectivity index (χ3v) is 5.35. The molecule has 0 aromatic heterocycles. The predicted octanol–water partition coefficient (Wildman–Crippen LogP) is 3.89. The van der Waals surface area contributed by atoms with Crippen LogP contribution >= 0.6 is 11.6 Å². The molecule has 1 rings (SSSR count). The Hall–Kier alpha value is -0.880. The van der Waals surface area contributed by atoms with E-state index in [0.717, 1.165) is 12.8 Å². The molecule has 1 N–H and O–H groups in total. The van der Waals surface area contributed by atoms with Gasteiger partial charge in [-0.05, 0) is 37.1 Å². The molecular formula is C13H18ClF2NO2S. The fraction of sp³-hybridized carbons (Fsp3) is 0.538. The molecule has 114 valence electrons. The van der Waals surface area contributed by atoms with Crippen molar-refractivity contribution >= 4 is 27.1 Å². The van der Waals surface area contributed by atoms with Crippen LogP contribution < -0.4 is 5.32 Å². The Kier molecular flexibility index (Phi) is 5.77. The van der Waals surface area contributed by atoms with Crippen molar-refractivity contribution in [2.75, 3.05) is 11.2 Å². The fourth-order valence-corrected chi connectivity index (χ4v) is 2.95. The van der Waals surface area contributed by atoms with E-state index in [9.17, 15) is 17.2 Å². The first-order valence-corrected chi connectivity index (χ1v) is 8.35. The van der Waals surface area contributed by atoms with Gasteiger partial charge in [-0.1, -0.05) is 13.8 Å². The molecule has 0 aliphatic heterocycles. The molecule has 1 aromatic rings. The maximum absolute atomic E-state index is 12.4. The molecular weight excluding hydrogens is 308 g/mol. The SMILES string of the molecule is CCC(CC)(CCl)Nc1ccc(S(=O)(=O)C(F)F)cc1. The van der Waals surface area contributed by atoms with E-state index in [0.29, 0.717) is 11.6 Å². The van der Waals surface area contributed by atoms with Gasteiger partial charge < -0.3 is 5.32 Å². The number of hydrogen-bond donors (Lipinski definition) is 1. The molecule has 0 spiro atoms. The van der Waals surface area contributed by atoms with Crippen LogP contribution in [-0.4, -0.2) is 25.6 Å². The number of benzene rings is 1. The molecule has 1 aromatic carbocycles. The van der Waals surface area contributed by atoms with Crippen LogP contribution in [0.1, 0.15) is 26.7 Å². The molecule has 0 saturated heterocycles. The van der Waals surface area contributed by atoms with Gasteiger partial charge in [-0.15, -0.1) is 11.6 Å². The van der Waals surface area contributed by atoms with Gasteiger partial charge in [0.2, 0.25) is 9.84 Å². The highest BCUT2D eigenvalue weighted by atomic mass is 35.5. The molecule has 20 heavy (non-hydrogen) atoms. The number of halogens is 3. The van der Waals surface area contributed by atoms with E-state index in [1.165, 1.54) is 24.3 Å². The van der Waals surface area contributed by atoms with Gasteiger partial charge in [-0.3, -0.25) is 0 Å². The van der Waals surface area contributed by atoms with Gasteiger partial charge in [0, 0.05) is 11.6 Å². The maximum Gasteiger partial charge on any atom is 0.341 e. The lowest BCUT2D eigenvalue weighted by atomic mass is 9.95. The lowest BCUT2D eigenvalue weighted by Crippen LogP contribution is -2.38. The van der Waals surface area contributed by atoms with Gasteiger partial charge in [-0.25, -0.2) is 8.42 Å². The second kappa shape index (κ2) is 6.72. The molecule has 0 saturated carbocycles. The summed E-state index contributed by atoms with van der Waals surface area (Å²) in [6, 6.07) is 5.30. The highest BCUT2D eigenvalue weighted by Crippen LogP contribution is 2.26. The summed E-state index contributed by atoms with van der Waals surface area (Å²) in [6.07, 6.45) is 1.59. The molecule has 7 heteroatoms. The summed E-state index contributed by atoms with van der Waals surface area (Å²) >= 11 is 5.96. The van der Waals surface area contributed by atoms with Crippen LogP contribution in [0.5, 0.6) is 0 Å².